The van der Waals surface area contributed by atoms with Crippen molar-refractivity contribution in [1.29, 1.82) is 0 Å². The highest BCUT2D eigenvalue weighted by Crippen LogP contribution is 2.15. The summed E-state index contributed by atoms with van der Waals surface area (Å²) < 4.78 is 18.4. The topological polar surface area (TPSA) is 45.4 Å². The molecule has 1 aromatic heterocycles. The summed E-state index contributed by atoms with van der Waals surface area (Å²) in [5.41, 5.74) is 0.893. The number of nitrogens with one attached hydrogen (secondary N) is 1. The fraction of sp³-hybridized carbons (Fsp3) is 0.286. The zero-order chi connectivity index (χ0) is 13.0. The predicted molar refractivity (Wildman–Crippen MR) is 66.3 cm³/mol. The van der Waals surface area contributed by atoms with Crippen LogP contribution in [0.5, 0.6) is 0 Å². The minimum Gasteiger partial charge on any atom is -0.462 e. The van der Waals surface area contributed by atoms with Gasteiger partial charge in [0.25, 0.3) is 0 Å². The zero-order valence-corrected chi connectivity index (χ0v) is 10.2. The first kappa shape index (κ1) is 12.8. The van der Waals surface area contributed by atoms with E-state index in [1.807, 2.05) is 19.1 Å². The molecule has 2 rings (SSSR count). The van der Waals surface area contributed by atoms with Crippen LogP contribution < -0.4 is 5.32 Å². The number of halogens is 1. The van der Waals surface area contributed by atoms with E-state index < -0.39 is 0 Å². The molecule has 96 valence electrons. The average molecular weight is 249 g/mol. The van der Waals surface area contributed by atoms with Crippen molar-refractivity contribution in [2.24, 2.45) is 0 Å². The highest BCUT2D eigenvalue weighted by Gasteiger charge is 2.07. The fourth-order valence-corrected chi connectivity index (χ4v) is 1.75. The van der Waals surface area contributed by atoms with Gasteiger partial charge in [0.05, 0.1) is 6.54 Å². The Morgan fingerprint density at radius 3 is 2.72 bits per heavy atom. The number of aliphatic hydroxyl groups excluding tert-OH is 1. The quantitative estimate of drug-likeness (QED) is 0.856. The largest absolute Gasteiger partial charge is 0.462 e. The third-order valence-corrected chi connectivity index (χ3v) is 2.80. The van der Waals surface area contributed by atoms with E-state index in [-0.39, 0.29) is 18.5 Å². The summed E-state index contributed by atoms with van der Waals surface area (Å²) in [5.74, 6) is 1.06. The van der Waals surface area contributed by atoms with E-state index in [4.69, 9.17) is 9.52 Å². The molecule has 0 aliphatic heterocycles. The monoisotopic (exact) mass is 249 g/mol. The predicted octanol–water partition coefficient (Wildman–Crippen LogP) is 2.76. The summed E-state index contributed by atoms with van der Waals surface area (Å²) in [5, 5.41) is 12.1. The van der Waals surface area contributed by atoms with Crippen LogP contribution in [0.1, 0.15) is 30.0 Å². The molecule has 0 bridgehead atoms. The van der Waals surface area contributed by atoms with Crippen LogP contribution in [0.4, 0.5) is 4.39 Å². The lowest BCUT2D eigenvalue weighted by atomic mass is 10.1. The summed E-state index contributed by atoms with van der Waals surface area (Å²) in [6.45, 7) is 2.40. The maximum atomic E-state index is 13.1. The molecule has 0 saturated heterocycles. The molecule has 0 fully saturated rings. The van der Waals surface area contributed by atoms with Gasteiger partial charge in [0.15, 0.2) is 0 Å². The van der Waals surface area contributed by atoms with Gasteiger partial charge in [-0.1, -0.05) is 12.1 Å². The lowest BCUT2D eigenvalue weighted by Crippen LogP contribution is -2.17. The first-order chi connectivity index (χ1) is 8.69. The van der Waals surface area contributed by atoms with Gasteiger partial charge in [-0.2, -0.15) is 0 Å². The molecule has 0 aliphatic carbocycles. The Kier molecular flexibility index (Phi) is 4.12. The van der Waals surface area contributed by atoms with Crippen molar-refractivity contribution in [1.82, 2.24) is 5.32 Å². The molecule has 0 amide bonds. The van der Waals surface area contributed by atoms with E-state index in [1.165, 1.54) is 12.1 Å². The third-order valence-electron chi connectivity index (χ3n) is 2.80. The maximum absolute atomic E-state index is 13.1. The van der Waals surface area contributed by atoms with Crippen LogP contribution in [0.25, 0.3) is 0 Å². The van der Waals surface area contributed by atoms with Gasteiger partial charge >= 0.3 is 0 Å². The number of rotatable bonds is 5. The standard InChI is InChI=1S/C14H16FNO2/c1-10(11-3-2-4-12(15)7-11)16-8-13-5-6-14(9-17)18-13/h2-7,10,16-17H,8-9H2,1H3/t10-/m1/s1. The highest BCUT2D eigenvalue weighted by atomic mass is 19.1. The molecule has 0 radical (unpaired) electrons. The Morgan fingerprint density at radius 1 is 1.28 bits per heavy atom. The normalized spacial score (nSPS) is 12.6. The van der Waals surface area contributed by atoms with Gasteiger partial charge in [-0.05, 0) is 36.8 Å². The zero-order valence-electron chi connectivity index (χ0n) is 10.2. The molecule has 0 spiro atoms. The molecule has 1 aromatic carbocycles. The number of benzene rings is 1. The molecule has 1 atom stereocenters. The molecule has 2 N–H and O–H groups in total. The van der Waals surface area contributed by atoms with Crippen LogP contribution in [-0.4, -0.2) is 5.11 Å². The van der Waals surface area contributed by atoms with Crippen LogP contribution in [0.3, 0.4) is 0 Å². The van der Waals surface area contributed by atoms with Crippen molar-refractivity contribution in [3.05, 3.63) is 59.3 Å². The van der Waals surface area contributed by atoms with Gasteiger partial charge in [0, 0.05) is 6.04 Å². The summed E-state index contributed by atoms with van der Waals surface area (Å²) in [6, 6.07) is 10.1. The summed E-state index contributed by atoms with van der Waals surface area (Å²) >= 11 is 0. The molecule has 3 nitrogen and oxygen atoms in total. The number of aliphatic hydroxyl groups is 1. The van der Waals surface area contributed by atoms with Crippen LogP contribution in [-0.2, 0) is 13.2 Å². The van der Waals surface area contributed by atoms with Gasteiger partial charge in [0.2, 0.25) is 0 Å². The summed E-state index contributed by atoms with van der Waals surface area (Å²) in [7, 11) is 0. The smallest absolute Gasteiger partial charge is 0.129 e. The Labute approximate surface area is 105 Å². The van der Waals surface area contributed by atoms with Crippen LogP contribution in [0.15, 0.2) is 40.8 Å². The van der Waals surface area contributed by atoms with E-state index in [0.717, 1.165) is 11.3 Å². The maximum Gasteiger partial charge on any atom is 0.129 e. The van der Waals surface area contributed by atoms with Crippen molar-refractivity contribution in [3.8, 4) is 0 Å². The third kappa shape index (κ3) is 3.18. The Balaban J connectivity index is 1.93. The first-order valence-corrected chi connectivity index (χ1v) is 5.86. The first-order valence-electron chi connectivity index (χ1n) is 5.86. The van der Waals surface area contributed by atoms with E-state index >= 15 is 0 Å². The van der Waals surface area contributed by atoms with E-state index in [9.17, 15) is 4.39 Å². The lowest BCUT2D eigenvalue weighted by Gasteiger charge is -2.13. The van der Waals surface area contributed by atoms with Crippen LogP contribution in [0.2, 0.25) is 0 Å². The molecule has 2 aromatic rings. The average Bonchev–Trinajstić information content (AvgIpc) is 2.84. The second kappa shape index (κ2) is 5.80. The number of hydrogen-bond donors (Lipinski definition) is 2. The minimum absolute atomic E-state index is 0.0309. The molecule has 0 unspecified atom stereocenters. The summed E-state index contributed by atoms with van der Waals surface area (Å²) in [6.07, 6.45) is 0. The van der Waals surface area contributed by atoms with Crippen molar-refractivity contribution in [3.63, 3.8) is 0 Å². The van der Waals surface area contributed by atoms with E-state index in [0.29, 0.717) is 12.3 Å². The Bertz CT molecular complexity index is 510. The second-order valence-electron chi connectivity index (χ2n) is 4.18. The van der Waals surface area contributed by atoms with Gasteiger partial charge < -0.3 is 14.8 Å². The van der Waals surface area contributed by atoms with Gasteiger partial charge in [-0.3, -0.25) is 0 Å². The van der Waals surface area contributed by atoms with Crippen molar-refractivity contribution in [2.45, 2.75) is 26.1 Å². The summed E-state index contributed by atoms with van der Waals surface area (Å²) in [4.78, 5) is 0. The molecular formula is C14H16FNO2. The fourth-order valence-electron chi connectivity index (χ4n) is 1.75. The van der Waals surface area contributed by atoms with Crippen LogP contribution >= 0.6 is 0 Å². The minimum atomic E-state index is -0.235. The van der Waals surface area contributed by atoms with Crippen LogP contribution in [0, 0.1) is 5.82 Å². The highest BCUT2D eigenvalue weighted by molar-refractivity contribution is 5.19. The molecule has 4 heteroatoms. The van der Waals surface area contributed by atoms with Gasteiger partial charge in [-0.15, -0.1) is 0 Å². The number of hydrogen-bond acceptors (Lipinski definition) is 3. The van der Waals surface area contributed by atoms with E-state index in [2.05, 4.69) is 5.32 Å². The molecular weight excluding hydrogens is 233 g/mol. The van der Waals surface area contributed by atoms with Crippen molar-refractivity contribution in [2.75, 3.05) is 0 Å². The van der Waals surface area contributed by atoms with Gasteiger partial charge in [0.1, 0.15) is 23.9 Å². The lowest BCUT2D eigenvalue weighted by molar-refractivity contribution is 0.242. The molecule has 1 heterocycles. The SMILES string of the molecule is C[C@@H](NCc1ccc(CO)o1)c1cccc(F)c1. The molecule has 0 saturated carbocycles. The molecule has 0 aliphatic rings. The number of furan rings is 1. The molecule has 18 heavy (non-hydrogen) atoms. The Hall–Kier alpha value is -1.65. The second-order valence-corrected chi connectivity index (χ2v) is 4.18. The van der Waals surface area contributed by atoms with Gasteiger partial charge in [-0.25, -0.2) is 4.39 Å². The van der Waals surface area contributed by atoms with Crippen molar-refractivity contribution < 1.29 is 13.9 Å². The Morgan fingerprint density at radius 2 is 2.06 bits per heavy atom. The van der Waals surface area contributed by atoms with E-state index in [1.54, 1.807) is 12.1 Å². The van der Waals surface area contributed by atoms with Crippen molar-refractivity contribution >= 4 is 0 Å².